The Kier molecular flexibility index (Phi) is 2.29. The van der Waals surface area contributed by atoms with Crippen LogP contribution in [-0.4, -0.2) is 17.8 Å². The van der Waals surface area contributed by atoms with Gasteiger partial charge in [0.25, 0.3) is 0 Å². The smallest absolute Gasteiger partial charge is 0.123 e. The van der Waals surface area contributed by atoms with Gasteiger partial charge in [-0.2, -0.15) is 0 Å². The molecule has 0 spiro atoms. The largest absolute Gasteiger partial charge is 0.392 e. The fraction of sp³-hybridized carbons (Fsp3) is 0.455. The van der Waals surface area contributed by atoms with Crippen LogP contribution in [0.3, 0.4) is 0 Å². The van der Waals surface area contributed by atoms with E-state index >= 15 is 0 Å². The van der Waals surface area contributed by atoms with Crippen molar-refractivity contribution in [2.24, 2.45) is 0 Å². The normalized spacial score (nSPS) is 32.1. The molecule has 1 aliphatic rings. The van der Waals surface area contributed by atoms with Crippen molar-refractivity contribution in [3.8, 4) is 0 Å². The molecule has 0 saturated carbocycles. The zero-order chi connectivity index (χ0) is 10.2. The van der Waals surface area contributed by atoms with E-state index in [9.17, 15) is 9.50 Å². The Hall–Kier alpha value is -0.930. The Morgan fingerprint density at radius 2 is 2.36 bits per heavy atom. The van der Waals surface area contributed by atoms with Gasteiger partial charge in [-0.1, -0.05) is 12.1 Å². The lowest BCUT2D eigenvalue weighted by atomic mass is 9.90. The second-order valence-electron chi connectivity index (χ2n) is 4.08. The molecule has 2 rings (SSSR count). The predicted octanol–water partition coefficient (Wildman–Crippen LogP) is 1.40. The molecule has 2 atom stereocenters. The summed E-state index contributed by atoms with van der Waals surface area (Å²) in [6.45, 7) is 2.56. The summed E-state index contributed by atoms with van der Waals surface area (Å²) in [5.41, 5.74) is 0.607. The first-order chi connectivity index (χ1) is 6.60. The van der Waals surface area contributed by atoms with Gasteiger partial charge in [0.05, 0.1) is 6.10 Å². The van der Waals surface area contributed by atoms with E-state index in [4.69, 9.17) is 0 Å². The fourth-order valence-corrected chi connectivity index (χ4v) is 2.01. The van der Waals surface area contributed by atoms with Crippen LogP contribution in [-0.2, 0) is 5.54 Å². The van der Waals surface area contributed by atoms with E-state index in [2.05, 4.69) is 5.32 Å². The number of aliphatic hydroxyl groups excluding tert-OH is 1. The molecule has 0 aliphatic carbocycles. The summed E-state index contributed by atoms with van der Waals surface area (Å²) in [6, 6.07) is 6.53. The number of β-amino-alcohol motifs (C(OH)–C–C–N with tert-alkyl or cyclic N) is 1. The molecule has 1 heterocycles. The maximum atomic E-state index is 13.0. The molecular formula is C11H14FNO. The maximum Gasteiger partial charge on any atom is 0.123 e. The Morgan fingerprint density at radius 1 is 1.57 bits per heavy atom. The van der Waals surface area contributed by atoms with Crippen molar-refractivity contribution in [2.45, 2.75) is 25.0 Å². The molecule has 1 aromatic rings. The van der Waals surface area contributed by atoms with Gasteiger partial charge in [-0.05, 0) is 31.0 Å². The van der Waals surface area contributed by atoms with Crippen LogP contribution in [0, 0.1) is 5.82 Å². The van der Waals surface area contributed by atoms with E-state index in [0.29, 0.717) is 13.0 Å². The molecule has 1 fully saturated rings. The fourth-order valence-electron chi connectivity index (χ4n) is 2.01. The summed E-state index contributed by atoms with van der Waals surface area (Å²) in [4.78, 5) is 0. The third kappa shape index (κ3) is 1.65. The van der Waals surface area contributed by atoms with Crippen LogP contribution in [0.5, 0.6) is 0 Å². The quantitative estimate of drug-likeness (QED) is 0.710. The van der Waals surface area contributed by atoms with Gasteiger partial charge in [-0.25, -0.2) is 4.39 Å². The third-order valence-corrected chi connectivity index (χ3v) is 2.83. The van der Waals surface area contributed by atoms with Gasteiger partial charge in [0, 0.05) is 12.1 Å². The first kappa shape index (κ1) is 9.62. The van der Waals surface area contributed by atoms with E-state index in [-0.39, 0.29) is 17.5 Å². The summed E-state index contributed by atoms with van der Waals surface area (Å²) in [5, 5.41) is 12.6. The summed E-state index contributed by atoms with van der Waals surface area (Å²) >= 11 is 0. The van der Waals surface area contributed by atoms with Crippen LogP contribution < -0.4 is 5.32 Å². The molecule has 1 aliphatic heterocycles. The summed E-state index contributed by atoms with van der Waals surface area (Å²) < 4.78 is 13.0. The lowest BCUT2D eigenvalue weighted by Gasteiger charge is -2.24. The zero-order valence-electron chi connectivity index (χ0n) is 8.13. The van der Waals surface area contributed by atoms with Crippen LogP contribution in [0.15, 0.2) is 24.3 Å². The predicted molar refractivity (Wildman–Crippen MR) is 52.4 cm³/mol. The molecule has 0 bridgehead atoms. The second kappa shape index (κ2) is 3.33. The summed E-state index contributed by atoms with van der Waals surface area (Å²) in [5.74, 6) is -0.230. The van der Waals surface area contributed by atoms with Crippen molar-refractivity contribution >= 4 is 0 Å². The minimum atomic E-state index is -0.330. The molecule has 1 saturated heterocycles. The van der Waals surface area contributed by atoms with Crippen LogP contribution in [0.4, 0.5) is 4.39 Å². The van der Waals surface area contributed by atoms with Gasteiger partial charge in [0.15, 0.2) is 0 Å². The molecule has 2 nitrogen and oxygen atoms in total. The van der Waals surface area contributed by atoms with Crippen LogP contribution in [0.1, 0.15) is 18.9 Å². The van der Waals surface area contributed by atoms with E-state index in [0.717, 1.165) is 5.56 Å². The number of aliphatic hydroxyl groups is 1. The molecule has 0 amide bonds. The third-order valence-electron chi connectivity index (χ3n) is 2.83. The van der Waals surface area contributed by atoms with Gasteiger partial charge < -0.3 is 10.4 Å². The highest BCUT2D eigenvalue weighted by molar-refractivity contribution is 5.26. The van der Waals surface area contributed by atoms with Crippen molar-refractivity contribution in [3.05, 3.63) is 35.6 Å². The lowest BCUT2D eigenvalue weighted by Crippen LogP contribution is -2.33. The first-order valence-corrected chi connectivity index (χ1v) is 4.79. The highest BCUT2D eigenvalue weighted by atomic mass is 19.1. The van der Waals surface area contributed by atoms with Gasteiger partial charge in [-0.15, -0.1) is 0 Å². The Labute approximate surface area is 82.8 Å². The molecule has 3 heteroatoms. The lowest BCUT2D eigenvalue weighted by molar-refractivity contribution is 0.186. The van der Waals surface area contributed by atoms with Crippen molar-refractivity contribution in [1.29, 1.82) is 0 Å². The molecule has 2 N–H and O–H groups in total. The number of hydrogen-bond acceptors (Lipinski definition) is 2. The molecule has 14 heavy (non-hydrogen) atoms. The van der Waals surface area contributed by atoms with Gasteiger partial charge in [0.2, 0.25) is 0 Å². The van der Waals surface area contributed by atoms with Crippen molar-refractivity contribution < 1.29 is 9.50 Å². The Morgan fingerprint density at radius 3 is 2.93 bits per heavy atom. The summed E-state index contributed by atoms with van der Waals surface area (Å²) in [6.07, 6.45) is 0.305. The zero-order valence-corrected chi connectivity index (χ0v) is 8.13. The number of nitrogens with one attached hydrogen (secondary N) is 1. The minimum Gasteiger partial charge on any atom is -0.392 e. The average Bonchev–Trinajstić information content (AvgIpc) is 2.48. The summed E-state index contributed by atoms with van der Waals surface area (Å²) in [7, 11) is 0. The average molecular weight is 195 g/mol. The van der Waals surface area contributed by atoms with Gasteiger partial charge in [0.1, 0.15) is 5.82 Å². The van der Waals surface area contributed by atoms with Crippen molar-refractivity contribution in [2.75, 3.05) is 6.54 Å². The number of hydrogen-bond donors (Lipinski definition) is 2. The molecule has 0 radical (unpaired) electrons. The minimum absolute atomic E-state index is 0.230. The standard InChI is InChI=1S/C11H14FNO/c1-11(6-10(14)7-13-11)8-3-2-4-9(12)5-8/h2-5,10,13-14H,6-7H2,1H3. The van der Waals surface area contributed by atoms with Crippen molar-refractivity contribution in [3.63, 3.8) is 0 Å². The highest BCUT2D eigenvalue weighted by Crippen LogP contribution is 2.30. The molecule has 2 unspecified atom stereocenters. The van der Waals surface area contributed by atoms with Crippen molar-refractivity contribution in [1.82, 2.24) is 5.32 Å². The van der Waals surface area contributed by atoms with Gasteiger partial charge >= 0.3 is 0 Å². The molecule has 76 valence electrons. The van der Waals surface area contributed by atoms with Gasteiger partial charge in [-0.3, -0.25) is 0 Å². The molecule has 0 aromatic heterocycles. The highest BCUT2D eigenvalue weighted by Gasteiger charge is 2.35. The Balaban J connectivity index is 2.30. The maximum absolute atomic E-state index is 13.0. The number of rotatable bonds is 1. The Bertz CT molecular complexity index is 342. The van der Waals surface area contributed by atoms with E-state index in [1.165, 1.54) is 12.1 Å². The monoisotopic (exact) mass is 195 g/mol. The molecule has 1 aromatic carbocycles. The van der Waals surface area contributed by atoms with E-state index < -0.39 is 0 Å². The SMILES string of the molecule is CC1(c2cccc(F)c2)CC(O)CN1. The topological polar surface area (TPSA) is 32.3 Å². The van der Waals surface area contributed by atoms with Crippen LogP contribution in [0.2, 0.25) is 0 Å². The van der Waals surface area contributed by atoms with Crippen LogP contribution in [0.25, 0.3) is 0 Å². The number of benzene rings is 1. The second-order valence-corrected chi connectivity index (χ2v) is 4.08. The van der Waals surface area contributed by atoms with E-state index in [1.807, 2.05) is 13.0 Å². The first-order valence-electron chi connectivity index (χ1n) is 4.79. The van der Waals surface area contributed by atoms with Crippen LogP contribution >= 0.6 is 0 Å². The molecular weight excluding hydrogens is 181 g/mol. The number of halogens is 1. The van der Waals surface area contributed by atoms with E-state index in [1.54, 1.807) is 6.07 Å².